The molecule has 0 radical (unpaired) electrons. The van der Waals surface area contributed by atoms with Gasteiger partial charge in [-0.25, -0.2) is 0 Å². The first-order valence-corrected chi connectivity index (χ1v) is 7.77. The van der Waals surface area contributed by atoms with E-state index in [1.54, 1.807) is 37.5 Å². The number of aryl methyl sites for hydroxylation is 1. The van der Waals surface area contributed by atoms with E-state index in [4.69, 9.17) is 4.74 Å². The lowest BCUT2D eigenvalue weighted by atomic mass is 10.1. The van der Waals surface area contributed by atoms with E-state index in [1.165, 1.54) is 11.1 Å². The summed E-state index contributed by atoms with van der Waals surface area (Å²) in [5.74, 6) is 0.733. The van der Waals surface area contributed by atoms with Crippen molar-refractivity contribution in [1.29, 1.82) is 0 Å². The smallest absolute Gasteiger partial charge is 0.187 e. The van der Waals surface area contributed by atoms with Crippen LogP contribution in [-0.2, 0) is 0 Å². The van der Waals surface area contributed by atoms with E-state index in [2.05, 4.69) is 25.2 Å². The molecule has 0 aliphatic heterocycles. The number of hydrogen-bond acceptors (Lipinski definition) is 3. The molecule has 0 heterocycles. The van der Waals surface area contributed by atoms with Crippen LogP contribution in [0.4, 0.5) is 5.69 Å². The first-order chi connectivity index (χ1) is 11.0. The quantitative estimate of drug-likeness (QED) is 0.609. The summed E-state index contributed by atoms with van der Waals surface area (Å²) in [6.07, 6.45) is 2.43. The van der Waals surface area contributed by atoms with Crippen LogP contribution in [0.25, 0.3) is 0 Å². The number of allylic oxidation sites excluding steroid dienone is 2. The van der Waals surface area contributed by atoms with Crippen molar-refractivity contribution < 1.29 is 9.53 Å². The molecule has 2 rings (SSSR count). The van der Waals surface area contributed by atoms with E-state index < -0.39 is 0 Å². The molecule has 23 heavy (non-hydrogen) atoms. The summed E-state index contributed by atoms with van der Waals surface area (Å²) in [6, 6.07) is 13.3. The molecule has 0 saturated heterocycles. The van der Waals surface area contributed by atoms with E-state index in [0.29, 0.717) is 5.56 Å². The van der Waals surface area contributed by atoms with Crippen LogP contribution in [0.2, 0.25) is 0 Å². The monoisotopic (exact) mass is 309 g/mol. The molecule has 0 unspecified atom stereocenters. The van der Waals surface area contributed by atoms with Gasteiger partial charge < -0.3 is 10.1 Å². The van der Waals surface area contributed by atoms with Crippen LogP contribution in [0.5, 0.6) is 5.75 Å². The van der Waals surface area contributed by atoms with Crippen LogP contribution >= 0.6 is 0 Å². The van der Waals surface area contributed by atoms with Gasteiger partial charge in [-0.3, -0.25) is 4.79 Å². The van der Waals surface area contributed by atoms with Gasteiger partial charge in [-0.2, -0.15) is 0 Å². The van der Waals surface area contributed by atoms with E-state index in [1.807, 2.05) is 19.1 Å². The molecule has 2 aromatic rings. The maximum Gasteiger partial charge on any atom is 0.187 e. The van der Waals surface area contributed by atoms with Crippen molar-refractivity contribution in [3.8, 4) is 5.75 Å². The standard InChI is InChI=1S/C20H23NO2/c1-5-17(21-19-8-6-7-14(2)15(19)3)13-20(22)16-9-11-18(23-4)12-10-16/h6-13,21H,5H2,1-4H3/b17-13+. The molecule has 0 saturated carbocycles. The molecule has 0 fully saturated rings. The Hall–Kier alpha value is -2.55. The van der Waals surface area contributed by atoms with E-state index in [0.717, 1.165) is 23.6 Å². The highest BCUT2D eigenvalue weighted by Gasteiger charge is 2.07. The molecular formula is C20H23NO2. The minimum absolute atomic E-state index is 0.0118. The van der Waals surface area contributed by atoms with E-state index in [9.17, 15) is 4.79 Å². The number of ketones is 1. The van der Waals surface area contributed by atoms with Gasteiger partial charge in [-0.05, 0) is 61.7 Å². The summed E-state index contributed by atoms with van der Waals surface area (Å²) in [5.41, 5.74) is 5.02. The lowest BCUT2D eigenvalue weighted by Crippen LogP contribution is -2.05. The van der Waals surface area contributed by atoms with Crippen LogP contribution < -0.4 is 10.1 Å². The van der Waals surface area contributed by atoms with Gasteiger partial charge in [0, 0.05) is 23.0 Å². The lowest BCUT2D eigenvalue weighted by Gasteiger charge is -2.13. The number of nitrogens with one attached hydrogen (secondary N) is 1. The lowest BCUT2D eigenvalue weighted by molar-refractivity contribution is 0.104. The molecule has 0 bridgehead atoms. The summed E-state index contributed by atoms with van der Waals surface area (Å²) in [6.45, 7) is 6.19. The van der Waals surface area contributed by atoms with Gasteiger partial charge in [-0.1, -0.05) is 19.1 Å². The van der Waals surface area contributed by atoms with Gasteiger partial charge in [0.25, 0.3) is 0 Å². The fourth-order valence-electron chi connectivity index (χ4n) is 2.28. The molecule has 0 aliphatic rings. The third-order valence-corrected chi connectivity index (χ3v) is 3.96. The van der Waals surface area contributed by atoms with Crippen molar-refractivity contribution in [1.82, 2.24) is 0 Å². The molecule has 0 spiro atoms. The van der Waals surface area contributed by atoms with Gasteiger partial charge in [-0.15, -0.1) is 0 Å². The first kappa shape index (κ1) is 16.8. The maximum atomic E-state index is 12.4. The van der Waals surface area contributed by atoms with Crippen molar-refractivity contribution in [3.63, 3.8) is 0 Å². The zero-order chi connectivity index (χ0) is 16.8. The van der Waals surface area contributed by atoms with Gasteiger partial charge in [0.05, 0.1) is 7.11 Å². The van der Waals surface area contributed by atoms with Gasteiger partial charge >= 0.3 is 0 Å². The number of hydrogen-bond donors (Lipinski definition) is 1. The van der Waals surface area contributed by atoms with Gasteiger partial charge in [0.15, 0.2) is 5.78 Å². The fraction of sp³-hybridized carbons (Fsp3) is 0.250. The van der Waals surface area contributed by atoms with Crippen molar-refractivity contribution in [2.24, 2.45) is 0 Å². The Bertz CT molecular complexity index is 715. The number of rotatable bonds is 6. The fourth-order valence-corrected chi connectivity index (χ4v) is 2.28. The average molecular weight is 309 g/mol. The molecule has 0 aliphatic carbocycles. The van der Waals surface area contributed by atoms with Crippen LogP contribution in [0.1, 0.15) is 34.8 Å². The first-order valence-electron chi connectivity index (χ1n) is 7.77. The average Bonchev–Trinajstić information content (AvgIpc) is 2.58. The molecule has 3 heteroatoms. The second kappa shape index (κ2) is 7.63. The summed E-state index contributed by atoms with van der Waals surface area (Å²) in [5, 5.41) is 3.38. The van der Waals surface area contributed by atoms with Crippen molar-refractivity contribution in [2.45, 2.75) is 27.2 Å². The second-order valence-corrected chi connectivity index (χ2v) is 5.49. The molecule has 0 aromatic heterocycles. The van der Waals surface area contributed by atoms with Crippen LogP contribution in [0.3, 0.4) is 0 Å². The minimum Gasteiger partial charge on any atom is -0.497 e. The highest BCUT2D eigenvalue weighted by atomic mass is 16.5. The highest BCUT2D eigenvalue weighted by Crippen LogP contribution is 2.21. The normalized spacial score (nSPS) is 11.2. The van der Waals surface area contributed by atoms with Crippen molar-refractivity contribution >= 4 is 11.5 Å². The minimum atomic E-state index is -0.0118. The molecule has 0 amide bonds. The molecule has 2 aromatic carbocycles. The largest absolute Gasteiger partial charge is 0.497 e. The summed E-state index contributed by atoms with van der Waals surface area (Å²) < 4.78 is 5.12. The Morgan fingerprint density at radius 2 is 1.83 bits per heavy atom. The maximum absolute atomic E-state index is 12.4. The molecular weight excluding hydrogens is 286 g/mol. The summed E-state index contributed by atoms with van der Waals surface area (Å²) in [7, 11) is 1.61. The molecule has 0 atom stereocenters. The predicted octanol–water partition coefficient (Wildman–Crippen LogP) is 4.90. The number of carbonyl (C=O) groups excluding carboxylic acids is 1. The number of ether oxygens (including phenoxy) is 1. The highest BCUT2D eigenvalue weighted by molar-refractivity contribution is 6.05. The summed E-state index contributed by atoms with van der Waals surface area (Å²) in [4.78, 5) is 12.4. The Labute approximate surface area is 138 Å². The third kappa shape index (κ3) is 4.22. The van der Waals surface area contributed by atoms with Crippen LogP contribution in [0, 0.1) is 13.8 Å². The SMILES string of the molecule is CC/C(=C\C(=O)c1ccc(OC)cc1)Nc1cccc(C)c1C. The predicted molar refractivity (Wildman–Crippen MR) is 95.2 cm³/mol. The number of carbonyl (C=O) groups is 1. The topological polar surface area (TPSA) is 38.3 Å². The van der Waals surface area contributed by atoms with Crippen LogP contribution in [0.15, 0.2) is 54.2 Å². The number of methoxy groups -OCH3 is 1. The van der Waals surface area contributed by atoms with E-state index >= 15 is 0 Å². The molecule has 120 valence electrons. The Morgan fingerprint density at radius 3 is 2.43 bits per heavy atom. The number of anilines is 1. The van der Waals surface area contributed by atoms with Gasteiger partial charge in [0.2, 0.25) is 0 Å². The Morgan fingerprint density at radius 1 is 1.13 bits per heavy atom. The van der Waals surface area contributed by atoms with Crippen molar-refractivity contribution in [2.75, 3.05) is 12.4 Å². The summed E-state index contributed by atoms with van der Waals surface area (Å²) >= 11 is 0. The zero-order valence-electron chi connectivity index (χ0n) is 14.1. The van der Waals surface area contributed by atoms with Gasteiger partial charge in [0.1, 0.15) is 5.75 Å². The Balaban J connectivity index is 2.20. The van der Waals surface area contributed by atoms with E-state index in [-0.39, 0.29) is 5.78 Å². The molecule has 1 N–H and O–H groups in total. The second-order valence-electron chi connectivity index (χ2n) is 5.49. The number of benzene rings is 2. The third-order valence-electron chi connectivity index (χ3n) is 3.96. The van der Waals surface area contributed by atoms with Crippen molar-refractivity contribution in [3.05, 3.63) is 70.9 Å². The molecule has 3 nitrogen and oxygen atoms in total. The Kier molecular flexibility index (Phi) is 5.58. The zero-order valence-corrected chi connectivity index (χ0v) is 14.1. The van der Waals surface area contributed by atoms with Crippen LogP contribution in [-0.4, -0.2) is 12.9 Å².